The molecule has 0 aliphatic rings. The van der Waals surface area contributed by atoms with Gasteiger partial charge in [0.1, 0.15) is 12.3 Å². The molecule has 0 radical (unpaired) electrons. The van der Waals surface area contributed by atoms with Gasteiger partial charge < -0.3 is 26.9 Å². The van der Waals surface area contributed by atoms with Crippen molar-refractivity contribution in [3.63, 3.8) is 0 Å². The molecule has 0 fully saturated rings. The van der Waals surface area contributed by atoms with Crippen LogP contribution in [0, 0.1) is 5.82 Å². The van der Waals surface area contributed by atoms with E-state index in [1.807, 2.05) is 12.1 Å². The van der Waals surface area contributed by atoms with Crippen molar-refractivity contribution < 1.29 is 13.9 Å². The molecule has 7 N–H and O–H groups in total. The first kappa shape index (κ1) is 31.3. The van der Waals surface area contributed by atoms with Crippen LogP contribution in [-0.4, -0.2) is 57.9 Å². The lowest BCUT2D eigenvalue weighted by Crippen LogP contribution is -2.26. The van der Waals surface area contributed by atoms with Crippen molar-refractivity contribution in [2.24, 2.45) is 16.5 Å². The number of aliphatic hydroxyl groups excluding tert-OH is 1. The van der Waals surface area contributed by atoms with Crippen molar-refractivity contribution in [3.8, 4) is 16.9 Å². The molecular formula is C30H36ClF2N7O2. The summed E-state index contributed by atoms with van der Waals surface area (Å²) < 4.78 is 29.2. The van der Waals surface area contributed by atoms with Crippen LogP contribution in [0.1, 0.15) is 43.4 Å². The third-order valence-electron chi connectivity index (χ3n) is 6.97. The van der Waals surface area contributed by atoms with Gasteiger partial charge in [-0.3, -0.25) is 9.56 Å². The van der Waals surface area contributed by atoms with Gasteiger partial charge in [-0.05, 0) is 80.6 Å². The number of benzene rings is 2. The van der Waals surface area contributed by atoms with Crippen LogP contribution in [0.5, 0.6) is 0 Å². The smallest absolute Gasteiger partial charge is 0.354 e. The summed E-state index contributed by atoms with van der Waals surface area (Å²) in [7, 11) is 0. The number of nitrogens with one attached hydrogen (secondary N) is 2. The van der Waals surface area contributed by atoms with Gasteiger partial charge in [-0.15, -0.1) is 0 Å². The second kappa shape index (κ2) is 14.5. The molecule has 0 aliphatic carbocycles. The van der Waals surface area contributed by atoms with Crippen molar-refractivity contribution >= 4 is 28.5 Å². The molecule has 2 unspecified atom stereocenters. The number of aliphatic hydroxyl groups is 1. The zero-order valence-electron chi connectivity index (χ0n) is 23.4. The average molecular weight is 600 g/mol. The zero-order valence-corrected chi connectivity index (χ0v) is 24.2. The lowest BCUT2D eigenvalue weighted by molar-refractivity contribution is 0.244. The molecule has 2 atom stereocenters. The summed E-state index contributed by atoms with van der Waals surface area (Å²) in [5.41, 5.74) is 14.0. The summed E-state index contributed by atoms with van der Waals surface area (Å²) in [5, 5.41) is 13.7. The molecule has 2 heterocycles. The number of alkyl halides is 1. The second-order valence-electron chi connectivity index (χ2n) is 10.3. The van der Waals surface area contributed by atoms with Gasteiger partial charge in [0.2, 0.25) is 0 Å². The van der Waals surface area contributed by atoms with E-state index in [2.05, 4.69) is 20.3 Å². The van der Waals surface area contributed by atoms with Gasteiger partial charge in [0.05, 0.1) is 34.9 Å². The standard InChI is InChI=1S/C30H36ClF2N7O2/c1-18(34)36-10-3-11-37-27(17-41)20-6-8-23(9-7-20)40-16-21-14-26(38-29(21)39-30(40)42)24-12-19(13-25(31)28(24)33)4-2-5-22(35)15-32/h6-9,12-14,16,22,27,37,41H,2-5,10-11,15,17,35H2,1H3,(H2,34,36)(H,38,39,42). The monoisotopic (exact) mass is 599 g/mol. The number of rotatable bonds is 14. The number of amidine groups is 1. The fourth-order valence-corrected chi connectivity index (χ4v) is 4.96. The molecule has 224 valence electrons. The van der Waals surface area contributed by atoms with E-state index in [-0.39, 0.29) is 23.2 Å². The molecule has 0 saturated heterocycles. The largest absolute Gasteiger partial charge is 0.394 e. The van der Waals surface area contributed by atoms with E-state index in [4.69, 9.17) is 23.1 Å². The minimum Gasteiger partial charge on any atom is -0.394 e. The Morgan fingerprint density at radius 2 is 2.00 bits per heavy atom. The van der Waals surface area contributed by atoms with Crippen LogP contribution in [-0.2, 0) is 6.42 Å². The highest BCUT2D eigenvalue weighted by Crippen LogP contribution is 2.31. The molecule has 4 aromatic rings. The average Bonchev–Trinajstić information content (AvgIpc) is 3.38. The Balaban J connectivity index is 1.54. The van der Waals surface area contributed by atoms with Crippen LogP contribution in [0.3, 0.4) is 0 Å². The van der Waals surface area contributed by atoms with E-state index in [9.17, 15) is 14.3 Å². The lowest BCUT2D eigenvalue weighted by Gasteiger charge is -2.17. The zero-order chi connectivity index (χ0) is 30.2. The number of aromatic amines is 1. The maximum absolute atomic E-state index is 15.1. The number of hydrogen-bond acceptors (Lipinski definition) is 6. The molecule has 0 spiro atoms. The summed E-state index contributed by atoms with van der Waals surface area (Å²) in [6, 6.07) is 11.4. The maximum Gasteiger partial charge on any atom is 0.354 e. The first-order valence-electron chi connectivity index (χ1n) is 13.8. The van der Waals surface area contributed by atoms with Crippen LogP contribution in [0.15, 0.2) is 58.4 Å². The molecule has 2 aromatic heterocycles. The molecule has 12 heteroatoms. The SMILES string of the molecule is CC(N)=NCCCNC(CO)c1ccc(-n2cc3cc(-c4cc(CCCC(N)CF)cc(Cl)c4F)[nH]c3nc2=O)cc1. The lowest BCUT2D eigenvalue weighted by atomic mass is 10.0. The fourth-order valence-electron chi connectivity index (χ4n) is 4.72. The molecule has 2 aromatic carbocycles. The minimum atomic E-state index is -0.590. The summed E-state index contributed by atoms with van der Waals surface area (Å²) in [6.45, 7) is 2.32. The maximum atomic E-state index is 15.1. The van der Waals surface area contributed by atoms with Crippen molar-refractivity contribution in [2.45, 2.75) is 44.7 Å². The Hall–Kier alpha value is -3.64. The van der Waals surface area contributed by atoms with Crippen LogP contribution < -0.4 is 22.5 Å². The molecule has 42 heavy (non-hydrogen) atoms. The Morgan fingerprint density at radius 3 is 2.69 bits per heavy atom. The second-order valence-corrected chi connectivity index (χ2v) is 10.7. The van der Waals surface area contributed by atoms with E-state index in [0.29, 0.717) is 60.6 Å². The van der Waals surface area contributed by atoms with Gasteiger partial charge in [0.25, 0.3) is 0 Å². The fraction of sp³-hybridized carbons (Fsp3) is 0.367. The topological polar surface area (TPSA) is 147 Å². The van der Waals surface area contributed by atoms with Gasteiger partial charge in [-0.25, -0.2) is 13.6 Å². The number of H-pyrrole nitrogens is 1. The third kappa shape index (κ3) is 7.80. The first-order valence-corrected chi connectivity index (χ1v) is 14.2. The normalized spacial score (nSPS) is 13.5. The summed E-state index contributed by atoms with van der Waals surface area (Å²) in [5.74, 6) is -0.0508. The summed E-state index contributed by atoms with van der Waals surface area (Å²) in [4.78, 5) is 24.3. The highest BCUT2D eigenvalue weighted by atomic mass is 35.5. The number of hydrogen-bond donors (Lipinski definition) is 5. The van der Waals surface area contributed by atoms with E-state index < -0.39 is 24.2 Å². The molecule has 0 saturated carbocycles. The van der Waals surface area contributed by atoms with Gasteiger partial charge in [0.15, 0.2) is 5.82 Å². The van der Waals surface area contributed by atoms with Crippen LogP contribution in [0.2, 0.25) is 5.02 Å². The van der Waals surface area contributed by atoms with Crippen LogP contribution in [0.4, 0.5) is 8.78 Å². The van der Waals surface area contributed by atoms with Gasteiger partial charge >= 0.3 is 5.69 Å². The molecule has 0 bridgehead atoms. The molecule has 0 aliphatic heterocycles. The first-order chi connectivity index (χ1) is 20.2. The van der Waals surface area contributed by atoms with E-state index >= 15 is 4.39 Å². The predicted octanol–water partition coefficient (Wildman–Crippen LogP) is 4.18. The quantitative estimate of drug-likeness (QED) is 0.0834. The number of fused-ring (bicyclic) bond motifs is 1. The van der Waals surface area contributed by atoms with Crippen molar-refractivity contribution in [2.75, 3.05) is 26.4 Å². The Morgan fingerprint density at radius 1 is 1.24 bits per heavy atom. The Kier molecular flexibility index (Phi) is 10.8. The minimum absolute atomic E-state index is 0.0293. The van der Waals surface area contributed by atoms with Crippen LogP contribution >= 0.6 is 11.6 Å². The van der Waals surface area contributed by atoms with E-state index in [1.54, 1.807) is 43.5 Å². The van der Waals surface area contributed by atoms with Gasteiger partial charge in [-0.2, -0.15) is 4.98 Å². The number of aryl methyl sites for hydroxylation is 1. The summed E-state index contributed by atoms with van der Waals surface area (Å²) >= 11 is 6.19. The Labute approximate surface area is 247 Å². The number of halogens is 3. The number of aliphatic imine (C=N–C) groups is 1. The van der Waals surface area contributed by atoms with Crippen LogP contribution in [0.25, 0.3) is 28.0 Å². The van der Waals surface area contributed by atoms with E-state index in [1.165, 1.54) is 4.57 Å². The summed E-state index contributed by atoms with van der Waals surface area (Å²) in [6.07, 6.45) is 4.13. The molecule has 0 amide bonds. The van der Waals surface area contributed by atoms with Gasteiger partial charge in [0, 0.05) is 29.7 Å². The van der Waals surface area contributed by atoms with Crippen molar-refractivity contribution in [3.05, 3.63) is 81.1 Å². The Bertz CT molecular complexity index is 1580. The van der Waals surface area contributed by atoms with Crippen molar-refractivity contribution in [1.29, 1.82) is 0 Å². The molecule has 9 nitrogen and oxygen atoms in total. The van der Waals surface area contributed by atoms with Gasteiger partial charge in [-0.1, -0.05) is 23.7 Å². The third-order valence-corrected chi connectivity index (χ3v) is 7.24. The molecular weight excluding hydrogens is 564 g/mol. The van der Waals surface area contributed by atoms with Crippen molar-refractivity contribution in [1.82, 2.24) is 19.9 Å². The molecule has 4 rings (SSSR count). The highest BCUT2D eigenvalue weighted by molar-refractivity contribution is 6.31. The number of aromatic nitrogens is 3. The number of nitrogens with zero attached hydrogens (tertiary/aromatic N) is 3. The van der Waals surface area contributed by atoms with E-state index in [0.717, 1.165) is 17.5 Å². The highest BCUT2D eigenvalue weighted by Gasteiger charge is 2.16. The number of nitrogens with two attached hydrogens (primary N) is 2. The predicted molar refractivity (Wildman–Crippen MR) is 164 cm³/mol.